The Morgan fingerprint density at radius 1 is 1.20 bits per heavy atom. The molecule has 1 aliphatic rings. The van der Waals surface area contributed by atoms with Gasteiger partial charge < -0.3 is 9.47 Å². The zero-order chi connectivity index (χ0) is 7.78. The van der Waals surface area contributed by atoms with E-state index in [0.717, 1.165) is 0 Å². The molecule has 0 bridgehead atoms. The third-order valence-electron chi connectivity index (χ3n) is 0.881. The fourth-order valence-electron chi connectivity index (χ4n) is 0.602. The van der Waals surface area contributed by atoms with E-state index in [1.165, 1.54) is 13.8 Å². The summed E-state index contributed by atoms with van der Waals surface area (Å²) in [5, 5.41) is 0. The van der Waals surface area contributed by atoms with Gasteiger partial charge in [-0.2, -0.15) is 0 Å². The maximum absolute atomic E-state index is 10.5. The Hall–Kier alpha value is -1.06. The van der Waals surface area contributed by atoms with Crippen molar-refractivity contribution in [1.82, 2.24) is 0 Å². The maximum Gasteiger partial charge on any atom is 0.330 e. The van der Waals surface area contributed by atoms with Gasteiger partial charge in [0.15, 0.2) is 0 Å². The first kappa shape index (κ1) is 7.05. The first-order valence-corrected chi connectivity index (χ1v) is 2.72. The van der Waals surface area contributed by atoms with E-state index in [0.29, 0.717) is 0 Å². The summed E-state index contributed by atoms with van der Waals surface area (Å²) in [6.07, 6.45) is 1.81. The van der Waals surface area contributed by atoms with Gasteiger partial charge in [-0.25, -0.2) is 0 Å². The van der Waals surface area contributed by atoms with E-state index in [2.05, 4.69) is 9.47 Å². The lowest BCUT2D eigenvalue weighted by molar-refractivity contribution is -0.223. The van der Waals surface area contributed by atoms with Gasteiger partial charge in [-0.1, -0.05) is 0 Å². The highest BCUT2D eigenvalue weighted by molar-refractivity contribution is 6.04. The van der Waals surface area contributed by atoms with Crippen molar-refractivity contribution in [3.63, 3.8) is 0 Å². The van der Waals surface area contributed by atoms with E-state index < -0.39 is 17.7 Å². The van der Waals surface area contributed by atoms with Crippen molar-refractivity contribution in [1.29, 1.82) is 0 Å². The third kappa shape index (κ3) is 1.46. The minimum absolute atomic E-state index is 0.777. The zero-order valence-electron chi connectivity index (χ0n) is 5.63. The molecule has 1 rings (SSSR count). The zero-order valence-corrected chi connectivity index (χ0v) is 5.63. The average molecular weight is 142 g/mol. The molecule has 0 aromatic heterocycles. The van der Waals surface area contributed by atoms with Crippen LogP contribution in [0.4, 0.5) is 0 Å². The van der Waals surface area contributed by atoms with Gasteiger partial charge in [0.1, 0.15) is 0 Å². The van der Waals surface area contributed by atoms with Gasteiger partial charge in [-0.15, -0.1) is 0 Å². The molecule has 0 aromatic carbocycles. The Morgan fingerprint density at radius 2 is 1.60 bits per heavy atom. The number of carbonyl (C=O) groups is 2. The van der Waals surface area contributed by atoms with Crippen LogP contribution < -0.4 is 0 Å². The first-order chi connectivity index (χ1) is 4.49. The van der Waals surface area contributed by atoms with Crippen LogP contribution in [0.1, 0.15) is 13.8 Å². The molecule has 2 radical (unpaired) electrons. The topological polar surface area (TPSA) is 52.6 Å². The molecule has 0 aromatic rings. The monoisotopic (exact) mass is 142 g/mol. The van der Waals surface area contributed by atoms with E-state index in [-0.39, 0.29) is 0 Å². The quantitative estimate of drug-likeness (QED) is 0.443. The van der Waals surface area contributed by atoms with Gasteiger partial charge in [-0.05, 0) is 0 Å². The van der Waals surface area contributed by atoms with E-state index in [1.807, 2.05) is 6.42 Å². The van der Waals surface area contributed by atoms with E-state index in [9.17, 15) is 9.59 Å². The highest BCUT2D eigenvalue weighted by atomic mass is 16.7. The summed E-state index contributed by atoms with van der Waals surface area (Å²) < 4.78 is 9.10. The van der Waals surface area contributed by atoms with Crippen LogP contribution in [0, 0.1) is 6.42 Å². The maximum atomic E-state index is 10.5. The minimum Gasteiger partial charge on any atom is -0.422 e. The van der Waals surface area contributed by atoms with Crippen LogP contribution in [0.15, 0.2) is 0 Å². The van der Waals surface area contributed by atoms with Crippen LogP contribution in [0.3, 0.4) is 0 Å². The first-order valence-electron chi connectivity index (χ1n) is 2.72. The molecule has 10 heavy (non-hydrogen) atoms. The summed E-state index contributed by atoms with van der Waals surface area (Å²) in [6.45, 7) is 2.95. The second-order valence-electron chi connectivity index (χ2n) is 2.30. The van der Waals surface area contributed by atoms with Crippen molar-refractivity contribution in [2.75, 3.05) is 0 Å². The van der Waals surface area contributed by atoms with E-state index in [4.69, 9.17) is 0 Å². The van der Waals surface area contributed by atoms with Gasteiger partial charge >= 0.3 is 11.9 Å². The predicted molar refractivity (Wildman–Crippen MR) is 29.5 cm³/mol. The molecular weight excluding hydrogens is 136 g/mol. The van der Waals surface area contributed by atoms with Crippen molar-refractivity contribution >= 4 is 11.9 Å². The largest absolute Gasteiger partial charge is 0.422 e. The molecule has 0 N–H and O–H groups in total. The van der Waals surface area contributed by atoms with Crippen molar-refractivity contribution in [2.24, 2.45) is 0 Å². The molecule has 1 fully saturated rings. The lowest BCUT2D eigenvalue weighted by Gasteiger charge is -2.27. The predicted octanol–water partition coefficient (Wildman–Crippen LogP) is -0.0962. The number of cyclic esters (lactones) is 2. The van der Waals surface area contributed by atoms with Crippen LogP contribution in [0.25, 0.3) is 0 Å². The molecule has 0 saturated carbocycles. The summed E-state index contributed by atoms with van der Waals surface area (Å²) in [5.41, 5.74) is 0. The summed E-state index contributed by atoms with van der Waals surface area (Å²) in [7, 11) is 0. The second kappa shape index (κ2) is 1.97. The van der Waals surface area contributed by atoms with Gasteiger partial charge in [0.25, 0.3) is 5.79 Å². The smallest absolute Gasteiger partial charge is 0.330 e. The molecule has 0 unspecified atom stereocenters. The number of hydrogen-bond donors (Lipinski definition) is 0. The Bertz CT molecular complexity index is 164. The Balaban J connectivity index is 2.68. The fourth-order valence-corrected chi connectivity index (χ4v) is 0.602. The van der Waals surface area contributed by atoms with Crippen molar-refractivity contribution in [2.45, 2.75) is 19.6 Å². The summed E-state index contributed by atoms with van der Waals surface area (Å²) in [6, 6.07) is 0. The van der Waals surface area contributed by atoms with Gasteiger partial charge in [0.2, 0.25) is 6.42 Å². The number of carbonyl (C=O) groups excluding carboxylic acids is 2. The van der Waals surface area contributed by atoms with Crippen LogP contribution >= 0.6 is 0 Å². The normalized spacial score (nSPS) is 23.4. The average Bonchev–Trinajstić information content (AvgIpc) is 1.54. The molecule has 0 aliphatic carbocycles. The summed E-state index contributed by atoms with van der Waals surface area (Å²) in [5.74, 6) is -2.69. The van der Waals surface area contributed by atoms with Crippen LogP contribution in [0.2, 0.25) is 0 Å². The summed E-state index contributed by atoms with van der Waals surface area (Å²) >= 11 is 0. The number of hydrogen-bond acceptors (Lipinski definition) is 4. The second-order valence-corrected chi connectivity index (χ2v) is 2.30. The van der Waals surface area contributed by atoms with Crippen molar-refractivity contribution in [3.05, 3.63) is 6.42 Å². The molecule has 0 spiro atoms. The Kier molecular flexibility index (Phi) is 1.39. The van der Waals surface area contributed by atoms with Crippen molar-refractivity contribution in [3.8, 4) is 0 Å². The van der Waals surface area contributed by atoms with E-state index >= 15 is 0 Å². The van der Waals surface area contributed by atoms with Crippen LogP contribution in [0.5, 0.6) is 0 Å². The molecule has 0 atom stereocenters. The molecule has 4 nitrogen and oxygen atoms in total. The van der Waals surface area contributed by atoms with Crippen molar-refractivity contribution < 1.29 is 19.1 Å². The molecule has 54 valence electrons. The Morgan fingerprint density at radius 3 is 1.90 bits per heavy atom. The molecule has 1 aliphatic heterocycles. The van der Waals surface area contributed by atoms with Gasteiger partial charge in [0, 0.05) is 13.8 Å². The molecule has 1 saturated heterocycles. The molecular formula is C6H6O4. The molecule has 1 heterocycles. The lowest BCUT2D eigenvalue weighted by atomic mass is 10.3. The van der Waals surface area contributed by atoms with Crippen LogP contribution in [-0.2, 0) is 19.1 Å². The standard InChI is InChI=1S/C6H6O4/c1-6(2)9-4(7)3-5(8)10-6/h1-2H3. The Labute approximate surface area is 58.1 Å². The number of ether oxygens (including phenoxy) is 2. The molecule has 4 heteroatoms. The molecule has 0 amide bonds. The fraction of sp³-hybridized carbons (Fsp3) is 0.500. The van der Waals surface area contributed by atoms with E-state index in [1.54, 1.807) is 0 Å². The lowest BCUT2D eigenvalue weighted by Crippen LogP contribution is -2.40. The number of rotatable bonds is 0. The SMILES string of the molecule is CC1(C)OC(=O)[C]C(=O)O1. The highest BCUT2D eigenvalue weighted by Crippen LogP contribution is 2.17. The highest BCUT2D eigenvalue weighted by Gasteiger charge is 2.35. The van der Waals surface area contributed by atoms with Gasteiger partial charge in [0.05, 0.1) is 0 Å². The van der Waals surface area contributed by atoms with Gasteiger partial charge in [-0.3, -0.25) is 9.59 Å². The number of esters is 2. The summed E-state index contributed by atoms with van der Waals surface area (Å²) in [4.78, 5) is 20.9. The third-order valence-corrected chi connectivity index (χ3v) is 0.881. The van der Waals surface area contributed by atoms with Crippen LogP contribution in [-0.4, -0.2) is 17.7 Å². The minimum atomic E-state index is -1.14.